The number of hydrogen-bond donors (Lipinski definition) is 1. The van der Waals surface area contributed by atoms with E-state index in [1.165, 1.54) is 0 Å². The molecule has 0 fully saturated rings. The third-order valence-corrected chi connectivity index (χ3v) is 3.65. The van der Waals surface area contributed by atoms with Gasteiger partial charge in [0.1, 0.15) is 0 Å². The second kappa shape index (κ2) is 5.99. The van der Waals surface area contributed by atoms with Crippen molar-refractivity contribution in [3.63, 3.8) is 0 Å². The molecule has 0 aliphatic carbocycles. The number of rotatable bonds is 4. The van der Waals surface area contributed by atoms with Crippen molar-refractivity contribution < 1.29 is 5.11 Å². The molecule has 1 N–H and O–H groups in total. The van der Waals surface area contributed by atoms with Crippen LogP contribution in [0.4, 0.5) is 0 Å². The quantitative estimate of drug-likeness (QED) is 0.735. The van der Waals surface area contributed by atoms with Crippen LogP contribution in [0.1, 0.15) is 34.6 Å². The molecule has 3 heteroatoms. The molecule has 0 amide bonds. The van der Waals surface area contributed by atoms with Gasteiger partial charge in [-0.1, -0.05) is 46.8 Å². The normalized spacial score (nSPS) is 16.3. The molecule has 0 aliphatic rings. The smallest absolute Gasteiger partial charge is 0.0642 e. The number of aliphatic hydroxyl groups excluding tert-OH is 1. The minimum Gasteiger partial charge on any atom is -0.392 e. The van der Waals surface area contributed by atoms with E-state index in [4.69, 9.17) is 12.2 Å². The van der Waals surface area contributed by atoms with Crippen molar-refractivity contribution >= 4 is 28.2 Å². The average molecular weight is 220 g/mol. The molecule has 0 unspecified atom stereocenters. The van der Waals surface area contributed by atoms with E-state index in [1.54, 1.807) is 11.8 Å². The zero-order valence-corrected chi connectivity index (χ0v) is 10.7. The van der Waals surface area contributed by atoms with Gasteiger partial charge < -0.3 is 5.11 Å². The van der Waals surface area contributed by atoms with E-state index in [0.29, 0.717) is 5.25 Å². The number of aliphatic hydroxyl groups is 1. The highest BCUT2D eigenvalue weighted by Gasteiger charge is 2.22. The predicted molar refractivity (Wildman–Crippen MR) is 65.3 cm³/mol. The van der Waals surface area contributed by atoms with Gasteiger partial charge in [-0.25, -0.2) is 0 Å². The van der Waals surface area contributed by atoms with Crippen LogP contribution in [0.3, 0.4) is 0 Å². The lowest BCUT2D eigenvalue weighted by Gasteiger charge is -2.23. The summed E-state index contributed by atoms with van der Waals surface area (Å²) >= 11 is 6.93. The molecule has 0 aromatic carbocycles. The van der Waals surface area contributed by atoms with Crippen LogP contribution in [0, 0.1) is 11.8 Å². The van der Waals surface area contributed by atoms with Crippen LogP contribution in [0.15, 0.2) is 0 Å². The fourth-order valence-corrected chi connectivity index (χ4v) is 2.59. The summed E-state index contributed by atoms with van der Waals surface area (Å²) in [5, 5.41) is 10.3. The Hall–Kier alpha value is 0.400. The van der Waals surface area contributed by atoms with Crippen molar-refractivity contribution in [2.45, 2.75) is 46.0 Å². The lowest BCUT2D eigenvalue weighted by Crippen LogP contribution is -2.28. The fourth-order valence-electron chi connectivity index (χ4n) is 1.06. The van der Waals surface area contributed by atoms with Crippen molar-refractivity contribution in [3.05, 3.63) is 0 Å². The summed E-state index contributed by atoms with van der Waals surface area (Å²) in [7, 11) is 0. The summed E-state index contributed by atoms with van der Waals surface area (Å²) < 4.78 is 0.927. The Morgan fingerprint density at radius 2 is 1.62 bits per heavy atom. The highest BCUT2D eigenvalue weighted by atomic mass is 32.2. The van der Waals surface area contributed by atoms with Crippen molar-refractivity contribution in [3.8, 4) is 0 Å². The first-order chi connectivity index (χ1) is 5.86. The molecule has 0 saturated heterocycles. The first-order valence-corrected chi connectivity index (χ1v) is 6.03. The Bertz CT molecular complexity index is 166. The van der Waals surface area contributed by atoms with Crippen LogP contribution >= 0.6 is 24.0 Å². The monoisotopic (exact) mass is 220 g/mol. The molecule has 0 aromatic heterocycles. The maximum absolute atomic E-state index is 9.78. The van der Waals surface area contributed by atoms with Crippen LogP contribution in [-0.2, 0) is 0 Å². The fraction of sp³-hybridized carbons (Fsp3) is 0.900. The molecular weight excluding hydrogens is 200 g/mol. The standard InChI is InChI=1S/C10H20OS2/c1-6(2)9(11)8(5)10(12)13-7(3)4/h6-9,11H,1-5H3/t8-,9-/m1/s1. The lowest BCUT2D eigenvalue weighted by molar-refractivity contribution is 0.0998. The molecule has 0 saturated carbocycles. The SMILES string of the molecule is CC(C)SC(=S)[C@H](C)[C@H](O)C(C)C. The molecule has 2 atom stereocenters. The Labute approximate surface area is 91.3 Å². The lowest BCUT2D eigenvalue weighted by atomic mass is 9.96. The minimum atomic E-state index is -0.307. The van der Waals surface area contributed by atoms with Gasteiger partial charge in [0.05, 0.1) is 10.3 Å². The Morgan fingerprint density at radius 3 is 1.92 bits per heavy atom. The number of thioether (sulfide) groups is 1. The van der Waals surface area contributed by atoms with Crippen LogP contribution < -0.4 is 0 Å². The summed E-state index contributed by atoms with van der Waals surface area (Å²) in [6.07, 6.45) is -0.307. The second-order valence-corrected chi connectivity index (χ2v) is 6.33. The predicted octanol–water partition coefficient (Wildman–Crippen LogP) is 3.11. The molecule has 78 valence electrons. The van der Waals surface area contributed by atoms with Gasteiger partial charge in [-0.3, -0.25) is 0 Å². The minimum absolute atomic E-state index is 0.113. The van der Waals surface area contributed by atoms with Gasteiger partial charge in [-0.05, 0) is 5.92 Å². The van der Waals surface area contributed by atoms with E-state index < -0.39 is 0 Å². The maximum atomic E-state index is 9.78. The van der Waals surface area contributed by atoms with Gasteiger partial charge in [0.2, 0.25) is 0 Å². The third kappa shape index (κ3) is 4.99. The molecule has 0 bridgehead atoms. The first kappa shape index (κ1) is 13.4. The van der Waals surface area contributed by atoms with Gasteiger partial charge in [0.15, 0.2) is 0 Å². The van der Waals surface area contributed by atoms with E-state index >= 15 is 0 Å². The van der Waals surface area contributed by atoms with Gasteiger partial charge in [-0.2, -0.15) is 0 Å². The van der Waals surface area contributed by atoms with E-state index in [2.05, 4.69) is 13.8 Å². The summed E-state index contributed by atoms with van der Waals surface area (Å²) in [5.74, 6) is 0.392. The van der Waals surface area contributed by atoms with E-state index in [1.807, 2.05) is 20.8 Å². The second-order valence-electron chi connectivity index (χ2n) is 4.01. The number of hydrogen-bond acceptors (Lipinski definition) is 3. The van der Waals surface area contributed by atoms with Crippen molar-refractivity contribution in [2.75, 3.05) is 0 Å². The highest BCUT2D eigenvalue weighted by Crippen LogP contribution is 2.23. The van der Waals surface area contributed by atoms with E-state index in [0.717, 1.165) is 4.20 Å². The van der Waals surface area contributed by atoms with Crippen LogP contribution in [-0.4, -0.2) is 20.7 Å². The summed E-state index contributed by atoms with van der Waals surface area (Å²) in [5.41, 5.74) is 0. The zero-order chi connectivity index (χ0) is 10.6. The summed E-state index contributed by atoms with van der Waals surface area (Å²) in [4.78, 5) is 0. The van der Waals surface area contributed by atoms with Crippen LogP contribution in [0.5, 0.6) is 0 Å². The van der Waals surface area contributed by atoms with Crippen LogP contribution in [0.2, 0.25) is 0 Å². The van der Waals surface area contributed by atoms with Gasteiger partial charge in [0, 0.05) is 11.2 Å². The maximum Gasteiger partial charge on any atom is 0.0642 e. The topological polar surface area (TPSA) is 20.2 Å². The van der Waals surface area contributed by atoms with Gasteiger partial charge >= 0.3 is 0 Å². The van der Waals surface area contributed by atoms with Crippen molar-refractivity contribution in [1.29, 1.82) is 0 Å². The third-order valence-electron chi connectivity index (χ3n) is 1.92. The van der Waals surface area contributed by atoms with Gasteiger partial charge in [-0.15, -0.1) is 11.8 Å². The average Bonchev–Trinajstić information content (AvgIpc) is 2.00. The van der Waals surface area contributed by atoms with E-state index in [9.17, 15) is 5.11 Å². The van der Waals surface area contributed by atoms with Gasteiger partial charge in [0.25, 0.3) is 0 Å². The Kier molecular flexibility index (Phi) is 6.18. The molecule has 0 spiro atoms. The number of thiocarbonyl (C=S) groups is 1. The summed E-state index contributed by atoms with van der Waals surface area (Å²) in [6.45, 7) is 10.3. The molecule has 0 rings (SSSR count). The molecule has 1 nitrogen and oxygen atoms in total. The molecular formula is C10H20OS2. The zero-order valence-electron chi connectivity index (χ0n) is 9.07. The molecule has 0 heterocycles. The molecule has 13 heavy (non-hydrogen) atoms. The Balaban J connectivity index is 4.09. The largest absolute Gasteiger partial charge is 0.392 e. The van der Waals surface area contributed by atoms with Crippen molar-refractivity contribution in [1.82, 2.24) is 0 Å². The molecule has 0 radical (unpaired) electrons. The summed E-state index contributed by atoms with van der Waals surface area (Å²) in [6, 6.07) is 0. The first-order valence-electron chi connectivity index (χ1n) is 4.74. The Morgan fingerprint density at radius 1 is 1.15 bits per heavy atom. The molecule has 0 aromatic rings. The van der Waals surface area contributed by atoms with Crippen molar-refractivity contribution in [2.24, 2.45) is 11.8 Å². The molecule has 0 aliphatic heterocycles. The van der Waals surface area contributed by atoms with Crippen LogP contribution in [0.25, 0.3) is 0 Å². The highest BCUT2D eigenvalue weighted by molar-refractivity contribution is 8.23. The van der Waals surface area contributed by atoms with E-state index in [-0.39, 0.29) is 17.9 Å².